The van der Waals surface area contributed by atoms with E-state index in [1.165, 1.54) is 0 Å². The molecule has 1 heterocycles. The number of carbonyl (C=O) groups excluding carboxylic acids is 1. The first-order valence-corrected chi connectivity index (χ1v) is 5.77. The second kappa shape index (κ2) is 5.47. The second-order valence-corrected chi connectivity index (χ2v) is 4.57. The van der Waals surface area contributed by atoms with Crippen LogP contribution in [0.25, 0.3) is 0 Å². The number of aromatic nitrogens is 1. The lowest BCUT2D eigenvalue weighted by Gasteiger charge is -2.12. The molecule has 86 valence electrons. The molecule has 0 fully saturated rings. The molecule has 1 aromatic rings. The Morgan fingerprint density at radius 1 is 1.69 bits per heavy atom. The Morgan fingerprint density at radius 3 is 2.81 bits per heavy atom. The molecule has 1 atom stereocenters. The van der Waals surface area contributed by atoms with Crippen molar-refractivity contribution in [1.82, 2.24) is 10.3 Å². The maximum absolute atomic E-state index is 11.7. The number of aromatic amines is 1. The summed E-state index contributed by atoms with van der Waals surface area (Å²) < 4.78 is 0. The van der Waals surface area contributed by atoms with E-state index in [-0.39, 0.29) is 23.2 Å². The molecule has 2 N–H and O–H groups in total. The Morgan fingerprint density at radius 2 is 2.38 bits per heavy atom. The van der Waals surface area contributed by atoms with E-state index in [1.807, 2.05) is 13.0 Å². The molecule has 0 radical (unpaired) electrons. The number of thiazole rings is 1. The number of amides is 1. The fourth-order valence-corrected chi connectivity index (χ4v) is 1.96. The van der Waals surface area contributed by atoms with Crippen LogP contribution in [0.2, 0.25) is 0 Å². The van der Waals surface area contributed by atoms with E-state index in [2.05, 4.69) is 10.3 Å². The lowest BCUT2D eigenvalue weighted by molar-refractivity contribution is 0.0931. The van der Waals surface area contributed by atoms with Crippen molar-refractivity contribution >= 4 is 17.2 Å². The van der Waals surface area contributed by atoms with Crippen LogP contribution in [0.1, 0.15) is 35.1 Å². The van der Waals surface area contributed by atoms with Gasteiger partial charge in [0.25, 0.3) is 5.91 Å². The molecule has 1 aromatic heterocycles. The van der Waals surface area contributed by atoms with Crippen molar-refractivity contribution in [2.24, 2.45) is 0 Å². The van der Waals surface area contributed by atoms with Gasteiger partial charge < -0.3 is 10.3 Å². The van der Waals surface area contributed by atoms with Crippen molar-refractivity contribution in [1.29, 1.82) is 5.26 Å². The number of hydrogen-bond donors (Lipinski definition) is 2. The molecule has 16 heavy (non-hydrogen) atoms. The molecule has 0 aliphatic rings. The zero-order chi connectivity index (χ0) is 12.1. The summed E-state index contributed by atoms with van der Waals surface area (Å²) in [5.41, 5.74) is 0.298. The van der Waals surface area contributed by atoms with Gasteiger partial charge in [-0.3, -0.25) is 9.59 Å². The molecule has 1 unspecified atom stereocenters. The molecule has 0 aliphatic carbocycles. The van der Waals surface area contributed by atoms with E-state index >= 15 is 0 Å². The van der Waals surface area contributed by atoms with E-state index in [1.54, 1.807) is 6.92 Å². The van der Waals surface area contributed by atoms with Crippen molar-refractivity contribution in [2.45, 2.75) is 32.7 Å². The number of H-pyrrole nitrogens is 1. The number of nitrogens with zero attached hydrogens (tertiary/aromatic N) is 1. The second-order valence-electron chi connectivity index (χ2n) is 3.39. The highest BCUT2D eigenvalue weighted by atomic mass is 32.1. The van der Waals surface area contributed by atoms with Gasteiger partial charge in [-0.05, 0) is 13.3 Å². The molecule has 5 nitrogen and oxygen atoms in total. The highest BCUT2D eigenvalue weighted by molar-refractivity contribution is 7.09. The summed E-state index contributed by atoms with van der Waals surface area (Å²) in [6.07, 6.45) is 0.961. The quantitative estimate of drug-likeness (QED) is 0.826. The predicted molar refractivity (Wildman–Crippen MR) is 61.5 cm³/mol. The maximum atomic E-state index is 11.7. The van der Waals surface area contributed by atoms with Crippen LogP contribution in [-0.4, -0.2) is 16.9 Å². The maximum Gasteiger partial charge on any atom is 0.305 e. The van der Waals surface area contributed by atoms with Gasteiger partial charge in [0.1, 0.15) is 5.69 Å². The molecular weight excluding hydrogens is 226 g/mol. The first-order valence-electron chi connectivity index (χ1n) is 4.96. The Bertz CT molecular complexity index is 469. The highest BCUT2D eigenvalue weighted by Crippen LogP contribution is 2.07. The van der Waals surface area contributed by atoms with Gasteiger partial charge in [-0.25, -0.2) is 0 Å². The van der Waals surface area contributed by atoms with Crippen molar-refractivity contribution in [3.63, 3.8) is 0 Å². The van der Waals surface area contributed by atoms with Crippen LogP contribution in [0, 0.1) is 18.3 Å². The van der Waals surface area contributed by atoms with Crippen molar-refractivity contribution in [2.75, 3.05) is 0 Å². The predicted octanol–water partition coefficient (Wildman–Crippen LogP) is 1.17. The first kappa shape index (κ1) is 12.5. The first-order chi connectivity index (χ1) is 7.58. The van der Waals surface area contributed by atoms with Crippen molar-refractivity contribution < 1.29 is 4.79 Å². The van der Waals surface area contributed by atoms with Crippen molar-refractivity contribution in [3.05, 3.63) is 20.2 Å². The Kier molecular flexibility index (Phi) is 4.26. The third kappa shape index (κ3) is 2.94. The van der Waals surface area contributed by atoms with E-state index in [0.29, 0.717) is 17.0 Å². The highest BCUT2D eigenvalue weighted by Gasteiger charge is 2.16. The molecule has 0 aliphatic heterocycles. The average molecular weight is 239 g/mol. The van der Waals surface area contributed by atoms with Gasteiger partial charge in [0.2, 0.25) is 0 Å². The third-order valence-electron chi connectivity index (χ3n) is 2.22. The number of carbonyl (C=O) groups is 1. The monoisotopic (exact) mass is 239 g/mol. The summed E-state index contributed by atoms with van der Waals surface area (Å²) >= 11 is 1.01. The molecular formula is C10H13N3O2S. The van der Waals surface area contributed by atoms with Crippen molar-refractivity contribution in [3.8, 4) is 6.07 Å². The Labute approximate surface area is 97.1 Å². The van der Waals surface area contributed by atoms with Gasteiger partial charge in [-0.2, -0.15) is 5.26 Å². The summed E-state index contributed by atoms with van der Waals surface area (Å²) in [5, 5.41) is 11.3. The number of aryl methyl sites for hydroxylation is 1. The molecule has 0 spiro atoms. The minimum Gasteiger partial charge on any atom is -0.347 e. The van der Waals surface area contributed by atoms with Gasteiger partial charge in [0, 0.05) is 10.9 Å². The van der Waals surface area contributed by atoms with Crippen LogP contribution in [0.15, 0.2) is 4.79 Å². The summed E-state index contributed by atoms with van der Waals surface area (Å²) in [6.45, 7) is 3.61. The van der Waals surface area contributed by atoms with E-state index in [0.717, 1.165) is 11.3 Å². The zero-order valence-electron chi connectivity index (χ0n) is 9.16. The number of nitriles is 1. The smallest absolute Gasteiger partial charge is 0.305 e. The molecule has 0 aromatic carbocycles. The van der Waals surface area contributed by atoms with Crippen LogP contribution in [-0.2, 0) is 0 Å². The van der Waals surface area contributed by atoms with Gasteiger partial charge in [-0.1, -0.05) is 18.3 Å². The summed E-state index contributed by atoms with van der Waals surface area (Å²) in [5.74, 6) is -0.321. The summed E-state index contributed by atoms with van der Waals surface area (Å²) in [4.78, 5) is 25.7. The van der Waals surface area contributed by atoms with Crippen LogP contribution >= 0.6 is 11.3 Å². The zero-order valence-corrected chi connectivity index (χ0v) is 9.98. The Hall–Kier alpha value is -1.61. The average Bonchev–Trinajstić information content (AvgIpc) is 2.57. The topological polar surface area (TPSA) is 85.8 Å². The summed E-state index contributed by atoms with van der Waals surface area (Å²) in [7, 11) is 0. The number of rotatable bonds is 4. The molecule has 0 saturated carbocycles. The van der Waals surface area contributed by atoms with E-state index in [9.17, 15) is 9.59 Å². The molecule has 6 heteroatoms. The minimum absolute atomic E-state index is 0.166. The standard InChI is InChI=1S/C10H13N3O2S/c1-3-7(4-5-11)12-9(14)8-6(2)16-10(15)13-8/h7H,3-4H2,1-2H3,(H,12,14)(H,13,15). The van der Waals surface area contributed by atoms with Crippen LogP contribution in [0.5, 0.6) is 0 Å². The number of hydrogen-bond acceptors (Lipinski definition) is 4. The fourth-order valence-electron chi connectivity index (χ4n) is 1.29. The lowest BCUT2D eigenvalue weighted by atomic mass is 10.1. The van der Waals surface area contributed by atoms with Gasteiger partial charge >= 0.3 is 4.87 Å². The summed E-state index contributed by atoms with van der Waals surface area (Å²) in [6, 6.07) is 1.84. The van der Waals surface area contributed by atoms with Crippen LogP contribution in [0.3, 0.4) is 0 Å². The normalized spacial score (nSPS) is 11.8. The molecule has 1 rings (SSSR count). The lowest BCUT2D eigenvalue weighted by Crippen LogP contribution is -2.34. The van der Waals surface area contributed by atoms with Gasteiger partial charge in [-0.15, -0.1) is 0 Å². The minimum atomic E-state index is -0.321. The Balaban J connectivity index is 2.76. The largest absolute Gasteiger partial charge is 0.347 e. The van der Waals surface area contributed by atoms with E-state index < -0.39 is 0 Å². The molecule has 1 amide bonds. The van der Waals surface area contributed by atoms with Gasteiger partial charge in [0.05, 0.1) is 12.5 Å². The van der Waals surface area contributed by atoms with E-state index in [4.69, 9.17) is 5.26 Å². The van der Waals surface area contributed by atoms with Crippen LogP contribution in [0.4, 0.5) is 0 Å². The van der Waals surface area contributed by atoms with Crippen LogP contribution < -0.4 is 10.2 Å². The third-order valence-corrected chi connectivity index (χ3v) is 3.02. The van der Waals surface area contributed by atoms with Gasteiger partial charge in [0.15, 0.2) is 0 Å². The molecule has 0 saturated heterocycles. The molecule has 0 bridgehead atoms. The number of nitrogens with one attached hydrogen (secondary N) is 2. The SMILES string of the molecule is CCC(CC#N)NC(=O)c1[nH]c(=O)sc1C. The fraction of sp³-hybridized carbons (Fsp3) is 0.500.